The molecule has 0 aliphatic carbocycles. The van der Waals surface area contributed by atoms with E-state index in [4.69, 9.17) is 4.74 Å². The average Bonchev–Trinajstić information content (AvgIpc) is 2.54. The van der Waals surface area contributed by atoms with E-state index >= 15 is 0 Å². The third kappa shape index (κ3) is 3.36. The first-order valence-corrected chi connectivity index (χ1v) is 8.49. The van der Waals surface area contributed by atoms with Crippen molar-refractivity contribution in [1.82, 2.24) is 4.31 Å². The summed E-state index contributed by atoms with van der Waals surface area (Å²) in [7, 11) is -2.26. The van der Waals surface area contributed by atoms with E-state index in [-0.39, 0.29) is 35.7 Å². The summed E-state index contributed by atoms with van der Waals surface area (Å²) in [4.78, 5) is 22.9. The van der Waals surface area contributed by atoms with Gasteiger partial charge in [-0.25, -0.2) is 8.42 Å². The molecule has 0 radical (unpaired) electrons. The molecule has 0 aromatic heterocycles. The molecule has 1 aliphatic heterocycles. The summed E-state index contributed by atoms with van der Waals surface area (Å²) in [6.07, 6.45) is 0.912. The Morgan fingerprint density at radius 2 is 1.68 bits per heavy atom. The van der Waals surface area contributed by atoms with Gasteiger partial charge in [0.15, 0.2) is 5.78 Å². The Morgan fingerprint density at radius 3 is 2.14 bits per heavy atom. The van der Waals surface area contributed by atoms with Crippen molar-refractivity contribution in [3.63, 3.8) is 0 Å². The maximum atomic E-state index is 12.5. The Balaban J connectivity index is 2.11. The van der Waals surface area contributed by atoms with E-state index < -0.39 is 10.0 Å². The highest BCUT2D eigenvalue weighted by Gasteiger charge is 2.32. The summed E-state index contributed by atoms with van der Waals surface area (Å²) in [6.45, 7) is 2.01. The number of benzene rings is 1. The lowest BCUT2D eigenvalue weighted by Crippen LogP contribution is -2.40. The predicted octanol–water partition coefficient (Wildman–Crippen LogP) is 1.46. The molecule has 0 spiro atoms. The zero-order valence-electron chi connectivity index (χ0n) is 12.6. The SMILES string of the molecule is COC(=O)C1CCN(S(=O)(=O)c2ccc(C(C)=O)cc2)CC1. The van der Waals surface area contributed by atoms with Crippen LogP contribution >= 0.6 is 0 Å². The third-order valence-electron chi connectivity index (χ3n) is 3.89. The second kappa shape index (κ2) is 6.58. The van der Waals surface area contributed by atoms with Crippen molar-refractivity contribution in [1.29, 1.82) is 0 Å². The van der Waals surface area contributed by atoms with Crippen LogP contribution in [0.5, 0.6) is 0 Å². The fraction of sp³-hybridized carbons (Fsp3) is 0.467. The summed E-state index contributed by atoms with van der Waals surface area (Å²) in [5.41, 5.74) is 0.475. The van der Waals surface area contributed by atoms with Crippen LogP contribution in [0.15, 0.2) is 29.2 Å². The highest BCUT2D eigenvalue weighted by molar-refractivity contribution is 7.89. The first-order valence-electron chi connectivity index (χ1n) is 7.05. The fourth-order valence-corrected chi connectivity index (χ4v) is 3.98. The average molecular weight is 325 g/mol. The number of methoxy groups -OCH3 is 1. The van der Waals surface area contributed by atoms with Crippen LogP contribution in [0.2, 0.25) is 0 Å². The lowest BCUT2D eigenvalue weighted by molar-refractivity contribution is -0.146. The van der Waals surface area contributed by atoms with Gasteiger partial charge in [0.05, 0.1) is 17.9 Å². The molecule has 0 atom stereocenters. The minimum absolute atomic E-state index is 0.108. The van der Waals surface area contributed by atoms with Gasteiger partial charge in [0.2, 0.25) is 10.0 Å². The van der Waals surface area contributed by atoms with Gasteiger partial charge in [-0.15, -0.1) is 0 Å². The van der Waals surface area contributed by atoms with Crippen molar-refractivity contribution in [3.8, 4) is 0 Å². The topological polar surface area (TPSA) is 80.8 Å². The van der Waals surface area contributed by atoms with Gasteiger partial charge < -0.3 is 4.74 Å². The molecule has 0 saturated carbocycles. The molecular weight excluding hydrogens is 306 g/mol. The number of piperidine rings is 1. The van der Waals surface area contributed by atoms with Crippen molar-refractivity contribution in [3.05, 3.63) is 29.8 Å². The van der Waals surface area contributed by atoms with Crippen LogP contribution in [-0.2, 0) is 19.6 Å². The van der Waals surface area contributed by atoms with Gasteiger partial charge in [-0.3, -0.25) is 9.59 Å². The molecular formula is C15H19NO5S. The normalized spacial score (nSPS) is 17.2. The van der Waals surface area contributed by atoms with Crippen LogP contribution in [0.25, 0.3) is 0 Å². The van der Waals surface area contributed by atoms with E-state index in [1.54, 1.807) is 0 Å². The van der Waals surface area contributed by atoms with Crippen LogP contribution < -0.4 is 0 Å². The van der Waals surface area contributed by atoms with Crippen molar-refractivity contribution >= 4 is 21.8 Å². The lowest BCUT2D eigenvalue weighted by atomic mass is 9.99. The Labute approximate surface area is 130 Å². The molecule has 0 amide bonds. The van der Waals surface area contributed by atoms with Crippen molar-refractivity contribution in [2.24, 2.45) is 5.92 Å². The molecule has 7 heteroatoms. The zero-order valence-corrected chi connectivity index (χ0v) is 13.4. The van der Waals surface area contributed by atoms with Gasteiger partial charge >= 0.3 is 5.97 Å². The molecule has 1 aromatic carbocycles. The minimum Gasteiger partial charge on any atom is -0.469 e. The molecule has 1 fully saturated rings. The number of carbonyl (C=O) groups excluding carboxylic acids is 2. The molecule has 1 saturated heterocycles. The standard InChI is InChI=1S/C15H19NO5S/c1-11(17)12-3-5-14(6-4-12)22(19,20)16-9-7-13(8-10-16)15(18)21-2/h3-6,13H,7-10H2,1-2H3. The maximum absolute atomic E-state index is 12.5. The number of hydrogen-bond donors (Lipinski definition) is 0. The van der Waals surface area contributed by atoms with E-state index in [1.807, 2.05) is 0 Å². The summed E-state index contributed by atoms with van der Waals surface area (Å²) in [6, 6.07) is 5.91. The second-order valence-electron chi connectivity index (χ2n) is 5.28. The van der Waals surface area contributed by atoms with Crippen molar-refractivity contribution in [2.75, 3.05) is 20.2 Å². The molecule has 1 heterocycles. The zero-order chi connectivity index (χ0) is 16.3. The third-order valence-corrected chi connectivity index (χ3v) is 5.80. The second-order valence-corrected chi connectivity index (χ2v) is 7.22. The monoisotopic (exact) mass is 325 g/mol. The van der Waals surface area contributed by atoms with Crippen LogP contribution in [-0.4, -0.2) is 44.7 Å². The number of ketones is 1. The summed E-state index contributed by atoms with van der Waals surface area (Å²) < 4.78 is 31.1. The Kier molecular flexibility index (Phi) is 4.97. The number of nitrogens with zero attached hydrogens (tertiary/aromatic N) is 1. The van der Waals surface area contributed by atoms with E-state index in [2.05, 4.69) is 0 Å². The van der Waals surface area contributed by atoms with Crippen molar-refractivity contribution < 1.29 is 22.7 Å². The van der Waals surface area contributed by atoms with Gasteiger partial charge in [-0.1, -0.05) is 12.1 Å². The quantitative estimate of drug-likeness (QED) is 0.618. The highest BCUT2D eigenvalue weighted by Crippen LogP contribution is 2.24. The molecule has 1 aliphatic rings. The number of carbonyl (C=O) groups is 2. The molecule has 0 bridgehead atoms. The fourth-order valence-electron chi connectivity index (χ4n) is 2.51. The molecule has 120 valence electrons. The highest BCUT2D eigenvalue weighted by atomic mass is 32.2. The minimum atomic E-state index is -3.59. The maximum Gasteiger partial charge on any atom is 0.308 e. The van der Waals surface area contributed by atoms with E-state index in [0.717, 1.165) is 0 Å². The number of ether oxygens (including phenoxy) is 1. The number of sulfonamides is 1. The van der Waals surface area contributed by atoms with Gasteiger partial charge in [-0.2, -0.15) is 4.31 Å². The van der Waals surface area contributed by atoms with Crippen LogP contribution in [0.4, 0.5) is 0 Å². The molecule has 6 nitrogen and oxygen atoms in total. The molecule has 1 aromatic rings. The summed E-state index contributed by atoms with van der Waals surface area (Å²) in [5.74, 6) is -0.637. The number of hydrogen-bond acceptors (Lipinski definition) is 5. The van der Waals surface area contributed by atoms with E-state index in [0.29, 0.717) is 18.4 Å². The van der Waals surface area contributed by atoms with Gasteiger partial charge in [0.1, 0.15) is 0 Å². The molecule has 2 rings (SSSR count). The summed E-state index contributed by atoms with van der Waals surface area (Å²) >= 11 is 0. The Hall–Kier alpha value is -1.73. The first-order chi connectivity index (χ1) is 10.4. The largest absolute Gasteiger partial charge is 0.469 e. The van der Waals surface area contributed by atoms with E-state index in [1.165, 1.54) is 42.6 Å². The Bertz CT molecular complexity index is 658. The van der Waals surface area contributed by atoms with Crippen LogP contribution in [0.1, 0.15) is 30.1 Å². The lowest BCUT2D eigenvalue weighted by Gasteiger charge is -2.29. The summed E-state index contributed by atoms with van der Waals surface area (Å²) in [5, 5.41) is 0. The molecule has 0 unspecified atom stereocenters. The number of esters is 1. The number of Topliss-reactive ketones (excluding diaryl/α,β-unsaturated/α-hetero) is 1. The first kappa shape index (κ1) is 16.6. The van der Waals surface area contributed by atoms with Gasteiger partial charge in [0, 0.05) is 18.7 Å². The smallest absolute Gasteiger partial charge is 0.308 e. The predicted molar refractivity (Wildman–Crippen MR) is 79.9 cm³/mol. The Morgan fingerprint density at radius 1 is 1.14 bits per heavy atom. The molecule has 22 heavy (non-hydrogen) atoms. The van der Waals surface area contributed by atoms with E-state index in [9.17, 15) is 18.0 Å². The van der Waals surface area contributed by atoms with Gasteiger partial charge in [0.25, 0.3) is 0 Å². The van der Waals surface area contributed by atoms with Gasteiger partial charge in [-0.05, 0) is 31.9 Å². The molecule has 0 N–H and O–H groups in total. The van der Waals surface area contributed by atoms with Crippen molar-refractivity contribution in [2.45, 2.75) is 24.7 Å². The van der Waals surface area contributed by atoms with Crippen LogP contribution in [0.3, 0.4) is 0 Å². The van der Waals surface area contributed by atoms with Crippen LogP contribution in [0, 0.1) is 5.92 Å². The number of rotatable bonds is 4.